The van der Waals surface area contributed by atoms with E-state index in [0.29, 0.717) is 5.92 Å². The van der Waals surface area contributed by atoms with E-state index in [1.54, 1.807) is 0 Å². The van der Waals surface area contributed by atoms with E-state index >= 15 is 0 Å². The predicted molar refractivity (Wildman–Crippen MR) is 105 cm³/mol. The van der Waals surface area contributed by atoms with Gasteiger partial charge < -0.3 is 15.0 Å². The van der Waals surface area contributed by atoms with Crippen LogP contribution in [0.2, 0.25) is 0 Å². The number of hydrogen-bond donors (Lipinski definition) is 1. The quantitative estimate of drug-likeness (QED) is 0.706. The van der Waals surface area contributed by atoms with E-state index in [-0.39, 0.29) is 12.1 Å². The van der Waals surface area contributed by atoms with Crippen LogP contribution in [0.5, 0.6) is 0 Å². The van der Waals surface area contributed by atoms with E-state index < -0.39 is 5.60 Å². The molecule has 1 fully saturated rings. The maximum atomic E-state index is 11.8. The number of rotatable bonds is 4. The zero-order valence-electron chi connectivity index (χ0n) is 15.0. The van der Waals surface area contributed by atoms with Gasteiger partial charge in [-0.05, 0) is 87.1 Å². The molecule has 6 heteroatoms. The minimum absolute atomic E-state index is 0.234. The van der Waals surface area contributed by atoms with Crippen LogP contribution in [0.3, 0.4) is 0 Å². The Balaban J connectivity index is 1.74. The summed E-state index contributed by atoms with van der Waals surface area (Å²) < 4.78 is 6.48. The Morgan fingerprint density at radius 2 is 2.00 bits per heavy atom. The number of alkyl carbamates (subject to hydrolysis) is 1. The molecule has 0 spiro atoms. The molecule has 1 aliphatic carbocycles. The summed E-state index contributed by atoms with van der Waals surface area (Å²) in [6.07, 6.45) is 5.86. The zero-order chi connectivity index (χ0) is 17.7. The van der Waals surface area contributed by atoms with Crippen molar-refractivity contribution in [2.75, 3.05) is 18.5 Å². The number of pyridine rings is 1. The van der Waals surface area contributed by atoms with Gasteiger partial charge in [-0.2, -0.15) is 0 Å². The zero-order valence-corrected chi connectivity index (χ0v) is 17.2. The van der Waals surface area contributed by atoms with Crippen LogP contribution in [0, 0.1) is 9.49 Å². The molecular formula is C18H28IN3O2. The normalized spacial score (nSPS) is 21.2. The van der Waals surface area contributed by atoms with E-state index in [1.165, 1.54) is 0 Å². The summed E-state index contributed by atoms with van der Waals surface area (Å²) in [5.41, 5.74) is -0.440. The van der Waals surface area contributed by atoms with Crippen molar-refractivity contribution in [3.05, 3.63) is 21.9 Å². The third-order valence-electron chi connectivity index (χ3n) is 4.20. The second kappa shape index (κ2) is 8.36. The molecule has 1 N–H and O–H groups in total. The van der Waals surface area contributed by atoms with E-state index in [2.05, 4.69) is 57.0 Å². The SMILES string of the molecule is CN(CC1CCC(NC(=O)OC(C)(C)C)CC1)c1ccc(I)cn1. The first-order valence-electron chi connectivity index (χ1n) is 8.55. The Bertz CT molecular complexity index is 534. The largest absolute Gasteiger partial charge is 0.444 e. The van der Waals surface area contributed by atoms with Crippen LogP contribution >= 0.6 is 22.6 Å². The first kappa shape index (κ1) is 19.3. The molecule has 0 aromatic carbocycles. The molecule has 0 unspecified atom stereocenters. The lowest BCUT2D eigenvalue weighted by Crippen LogP contribution is -2.42. The summed E-state index contributed by atoms with van der Waals surface area (Å²) in [4.78, 5) is 18.5. The van der Waals surface area contributed by atoms with Crippen molar-refractivity contribution < 1.29 is 9.53 Å². The standard InChI is InChI=1S/C18H28IN3O2/c1-18(2,3)24-17(23)21-15-8-5-13(6-9-15)12-22(4)16-10-7-14(19)11-20-16/h7,10-11,13,15H,5-6,8-9,12H2,1-4H3,(H,21,23). The number of halogens is 1. The number of hydrogen-bond acceptors (Lipinski definition) is 4. The number of nitrogens with zero attached hydrogens (tertiary/aromatic N) is 2. The lowest BCUT2D eigenvalue weighted by molar-refractivity contribution is 0.0488. The first-order chi connectivity index (χ1) is 11.2. The van der Waals surface area contributed by atoms with Gasteiger partial charge in [-0.1, -0.05) is 0 Å². The van der Waals surface area contributed by atoms with Crippen LogP contribution in [0.15, 0.2) is 18.3 Å². The van der Waals surface area contributed by atoms with Gasteiger partial charge in [0.15, 0.2) is 0 Å². The van der Waals surface area contributed by atoms with Gasteiger partial charge in [-0.3, -0.25) is 0 Å². The number of nitrogens with one attached hydrogen (secondary N) is 1. The topological polar surface area (TPSA) is 54.5 Å². The molecular weight excluding hydrogens is 417 g/mol. The second-order valence-corrected chi connectivity index (χ2v) is 8.82. The van der Waals surface area contributed by atoms with Gasteiger partial charge in [0.25, 0.3) is 0 Å². The Hall–Kier alpha value is -1.05. The minimum Gasteiger partial charge on any atom is -0.444 e. The summed E-state index contributed by atoms with van der Waals surface area (Å²) >= 11 is 2.27. The van der Waals surface area contributed by atoms with Crippen molar-refractivity contribution in [1.82, 2.24) is 10.3 Å². The molecule has 0 bridgehead atoms. The van der Waals surface area contributed by atoms with Crippen LogP contribution in [0.25, 0.3) is 0 Å². The molecule has 1 heterocycles. The Labute approximate surface area is 158 Å². The molecule has 0 radical (unpaired) electrons. The van der Waals surface area contributed by atoms with Crippen LogP contribution in [0.1, 0.15) is 46.5 Å². The van der Waals surface area contributed by atoms with Crippen LogP contribution < -0.4 is 10.2 Å². The average Bonchev–Trinajstić information content (AvgIpc) is 2.48. The molecule has 24 heavy (non-hydrogen) atoms. The van der Waals surface area contributed by atoms with Crippen LogP contribution in [-0.4, -0.2) is 36.3 Å². The lowest BCUT2D eigenvalue weighted by Gasteiger charge is -2.32. The van der Waals surface area contributed by atoms with Gasteiger partial charge in [0, 0.05) is 29.4 Å². The highest BCUT2D eigenvalue weighted by Gasteiger charge is 2.25. The number of carbonyl (C=O) groups excluding carboxylic acids is 1. The molecule has 1 amide bonds. The lowest BCUT2D eigenvalue weighted by atomic mass is 9.86. The molecule has 5 nitrogen and oxygen atoms in total. The van der Waals surface area contributed by atoms with Crippen molar-refractivity contribution in [3.8, 4) is 0 Å². The van der Waals surface area contributed by atoms with Crippen molar-refractivity contribution >= 4 is 34.5 Å². The highest BCUT2D eigenvalue weighted by molar-refractivity contribution is 14.1. The van der Waals surface area contributed by atoms with Gasteiger partial charge in [0.05, 0.1) is 0 Å². The maximum absolute atomic E-state index is 11.8. The summed E-state index contributed by atoms with van der Waals surface area (Å²) in [6.45, 7) is 6.67. The van der Waals surface area contributed by atoms with Gasteiger partial charge in [0.2, 0.25) is 0 Å². The Morgan fingerprint density at radius 3 is 2.54 bits per heavy atom. The summed E-state index contributed by atoms with van der Waals surface area (Å²) in [7, 11) is 2.10. The van der Waals surface area contributed by atoms with E-state index in [4.69, 9.17) is 4.74 Å². The monoisotopic (exact) mass is 445 g/mol. The molecule has 134 valence electrons. The third kappa shape index (κ3) is 6.45. The second-order valence-electron chi connectivity index (χ2n) is 7.58. The van der Waals surface area contributed by atoms with Gasteiger partial charge in [0.1, 0.15) is 11.4 Å². The smallest absolute Gasteiger partial charge is 0.407 e. The molecule has 1 saturated carbocycles. The maximum Gasteiger partial charge on any atom is 0.407 e. The molecule has 1 aromatic heterocycles. The van der Waals surface area contributed by atoms with Gasteiger partial charge in [-0.25, -0.2) is 9.78 Å². The summed E-state index contributed by atoms with van der Waals surface area (Å²) in [5.74, 6) is 1.66. The van der Waals surface area contributed by atoms with E-state index in [9.17, 15) is 4.79 Å². The van der Waals surface area contributed by atoms with Gasteiger partial charge in [-0.15, -0.1) is 0 Å². The van der Waals surface area contributed by atoms with E-state index in [0.717, 1.165) is 41.6 Å². The molecule has 2 rings (SSSR count). The van der Waals surface area contributed by atoms with Crippen LogP contribution in [0.4, 0.5) is 10.6 Å². The molecule has 0 atom stereocenters. The van der Waals surface area contributed by atoms with Crippen LogP contribution in [-0.2, 0) is 4.74 Å². The number of amides is 1. The molecule has 1 aliphatic rings. The van der Waals surface area contributed by atoms with Crippen molar-refractivity contribution in [1.29, 1.82) is 0 Å². The number of anilines is 1. The fraction of sp³-hybridized carbons (Fsp3) is 0.667. The number of ether oxygens (including phenoxy) is 1. The minimum atomic E-state index is -0.440. The van der Waals surface area contributed by atoms with Crippen molar-refractivity contribution in [3.63, 3.8) is 0 Å². The molecule has 0 aliphatic heterocycles. The fourth-order valence-electron chi connectivity index (χ4n) is 3.04. The predicted octanol–water partition coefficient (Wildman–Crippen LogP) is 4.21. The highest BCUT2D eigenvalue weighted by Crippen LogP contribution is 2.26. The summed E-state index contributed by atoms with van der Waals surface area (Å²) in [5, 5.41) is 3.00. The van der Waals surface area contributed by atoms with Crippen molar-refractivity contribution in [2.45, 2.75) is 58.1 Å². The highest BCUT2D eigenvalue weighted by atomic mass is 127. The van der Waals surface area contributed by atoms with Gasteiger partial charge >= 0.3 is 6.09 Å². The summed E-state index contributed by atoms with van der Waals surface area (Å²) in [6, 6.07) is 4.39. The Morgan fingerprint density at radius 1 is 1.33 bits per heavy atom. The third-order valence-corrected chi connectivity index (χ3v) is 4.84. The first-order valence-corrected chi connectivity index (χ1v) is 9.63. The Kier molecular flexibility index (Phi) is 6.71. The number of carbonyl (C=O) groups is 1. The number of aromatic nitrogens is 1. The van der Waals surface area contributed by atoms with Crippen molar-refractivity contribution in [2.24, 2.45) is 5.92 Å². The average molecular weight is 445 g/mol. The van der Waals surface area contributed by atoms with E-state index in [1.807, 2.05) is 27.0 Å². The molecule has 0 saturated heterocycles. The fourth-order valence-corrected chi connectivity index (χ4v) is 3.36. The molecule has 1 aromatic rings.